The molecule has 0 saturated carbocycles. The van der Waals surface area contributed by atoms with Crippen molar-refractivity contribution in [1.29, 1.82) is 0 Å². The number of aromatic nitrogens is 1. The van der Waals surface area contributed by atoms with Gasteiger partial charge in [0.1, 0.15) is 0 Å². The van der Waals surface area contributed by atoms with Crippen molar-refractivity contribution in [3.63, 3.8) is 0 Å². The van der Waals surface area contributed by atoms with E-state index in [1.54, 1.807) is 38.2 Å². The number of halogens is 1. The molecule has 0 spiro atoms. The number of rotatable bonds is 3. The summed E-state index contributed by atoms with van der Waals surface area (Å²) in [5.41, 5.74) is 3.39. The number of anilines is 1. The second kappa shape index (κ2) is 6.07. The van der Waals surface area contributed by atoms with Crippen LogP contribution in [0.15, 0.2) is 47.5 Å². The van der Waals surface area contributed by atoms with Crippen molar-refractivity contribution in [2.45, 2.75) is 25.7 Å². The second-order valence-electron chi connectivity index (χ2n) is 5.83. The molecule has 2 aromatic carbocycles. The SMILES string of the molecule is Cc1cc(C)c(S(=O)(=O)Nc2ccc(Cl)c3cccnc23)c(C)c1. The van der Waals surface area contributed by atoms with E-state index in [9.17, 15) is 8.42 Å². The van der Waals surface area contributed by atoms with Gasteiger partial charge in [0.05, 0.1) is 21.1 Å². The number of hydrogen-bond donors (Lipinski definition) is 1. The van der Waals surface area contributed by atoms with Crippen molar-refractivity contribution < 1.29 is 8.42 Å². The number of fused-ring (bicyclic) bond motifs is 1. The van der Waals surface area contributed by atoms with E-state index in [1.165, 1.54) is 0 Å². The van der Waals surface area contributed by atoms with Gasteiger partial charge in [-0.1, -0.05) is 29.3 Å². The Balaban J connectivity index is 2.14. The molecule has 0 aliphatic heterocycles. The molecule has 6 heteroatoms. The summed E-state index contributed by atoms with van der Waals surface area (Å²) in [5, 5.41) is 1.24. The van der Waals surface area contributed by atoms with Gasteiger partial charge < -0.3 is 0 Å². The average Bonchev–Trinajstić information content (AvgIpc) is 2.49. The average molecular weight is 361 g/mol. The van der Waals surface area contributed by atoms with Gasteiger partial charge in [-0.3, -0.25) is 9.71 Å². The van der Waals surface area contributed by atoms with Crippen molar-refractivity contribution in [3.8, 4) is 0 Å². The van der Waals surface area contributed by atoms with Gasteiger partial charge in [0.15, 0.2) is 0 Å². The van der Waals surface area contributed by atoms with E-state index in [1.807, 2.05) is 25.1 Å². The minimum Gasteiger partial charge on any atom is -0.277 e. The van der Waals surface area contributed by atoms with Crippen LogP contribution in [0.3, 0.4) is 0 Å². The predicted octanol–water partition coefficient (Wildman–Crippen LogP) is 4.61. The van der Waals surface area contributed by atoms with E-state index in [4.69, 9.17) is 11.6 Å². The zero-order valence-corrected chi connectivity index (χ0v) is 15.2. The lowest BCUT2D eigenvalue weighted by Crippen LogP contribution is -2.16. The van der Waals surface area contributed by atoms with Gasteiger partial charge in [0.2, 0.25) is 0 Å². The highest BCUT2D eigenvalue weighted by molar-refractivity contribution is 7.92. The first-order valence-corrected chi connectivity index (χ1v) is 9.29. The van der Waals surface area contributed by atoms with Crippen LogP contribution in [-0.4, -0.2) is 13.4 Å². The molecule has 0 fully saturated rings. The third kappa shape index (κ3) is 2.97. The molecule has 0 amide bonds. The number of aryl methyl sites for hydroxylation is 3. The Morgan fingerprint density at radius 2 is 1.71 bits per heavy atom. The zero-order chi connectivity index (χ0) is 17.5. The molecule has 0 atom stereocenters. The monoisotopic (exact) mass is 360 g/mol. The van der Waals surface area contributed by atoms with Gasteiger partial charge >= 0.3 is 0 Å². The Morgan fingerprint density at radius 1 is 1.04 bits per heavy atom. The Bertz CT molecular complexity index is 1020. The molecule has 0 saturated heterocycles. The fraction of sp³-hybridized carbons (Fsp3) is 0.167. The predicted molar refractivity (Wildman–Crippen MR) is 98.2 cm³/mol. The zero-order valence-electron chi connectivity index (χ0n) is 13.6. The van der Waals surface area contributed by atoms with Crippen LogP contribution in [0.2, 0.25) is 5.02 Å². The maximum Gasteiger partial charge on any atom is 0.262 e. The summed E-state index contributed by atoms with van der Waals surface area (Å²) in [7, 11) is -3.73. The first-order valence-electron chi connectivity index (χ1n) is 7.43. The van der Waals surface area contributed by atoms with Crippen molar-refractivity contribution >= 4 is 38.2 Å². The molecule has 3 aromatic rings. The maximum absolute atomic E-state index is 12.9. The molecule has 0 bridgehead atoms. The summed E-state index contributed by atoms with van der Waals surface area (Å²) in [6, 6.07) is 10.6. The number of nitrogens with zero attached hydrogens (tertiary/aromatic N) is 1. The minimum atomic E-state index is -3.73. The summed E-state index contributed by atoms with van der Waals surface area (Å²) in [6.45, 7) is 5.54. The van der Waals surface area contributed by atoms with Gasteiger partial charge in [0.25, 0.3) is 10.0 Å². The maximum atomic E-state index is 12.9. The highest BCUT2D eigenvalue weighted by Gasteiger charge is 2.21. The summed E-state index contributed by atoms with van der Waals surface area (Å²) in [4.78, 5) is 4.57. The standard InChI is InChI=1S/C18H17ClN2O2S/c1-11-9-12(2)18(13(3)10-11)24(22,23)21-16-7-6-15(19)14-5-4-8-20-17(14)16/h4-10,21H,1-3H3. The Kier molecular flexibility index (Phi) is 4.24. The van der Waals surface area contributed by atoms with Crippen molar-refractivity contribution in [2.75, 3.05) is 4.72 Å². The lowest BCUT2D eigenvalue weighted by molar-refractivity contribution is 0.600. The van der Waals surface area contributed by atoms with Crippen molar-refractivity contribution in [2.24, 2.45) is 0 Å². The van der Waals surface area contributed by atoms with Crippen LogP contribution in [0.4, 0.5) is 5.69 Å². The first-order chi connectivity index (χ1) is 11.3. The van der Waals surface area contributed by atoms with E-state index >= 15 is 0 Å². The number of sulfonamides is 1. The highest BCUT2D eigenvalue weighted by Crippen LogP contribution is 2.31. The van der Waals surface area contributed by atoms with E-state index in [0.717, 1.165) is 5.56 Å². The second-order valence-corrected chi connectivity index (χ2v) is 7.85. The van der Waals surface area contributed by atoms with E-state index in [2.05, 4.69) is 9.71 Å². The lowest BCUT2D eigenvalue weighted by atomic mass is 10.1. The number of benzene rings is 2. The lowest BCUT2D eigenvalue weighted by Gasteiger charge is -2.15. The fourth-order valence-corrected chi connectivity index (χ4v) is 4.74. The molecule has 0 aliphatic rings. The van der Waals surface area contributed by atoms with Crippen LogP contribution in [0, 0.1) is 20.8 Å². The molecule has 1 aromatic heterocycles. The number of nitrogens with one attached hydrogen (secondary N) is 1. The molecular weight excluding hydrogens is 344 g/mol. The molecule has 0 radical (unpaired) electrons. The van der Waals surface area contributed by atoms with Crippen LogP contribution in [-0.2, 0) is 10.0 Å². The van der Waals surface area contributed by atoms with Crippen LogP contribution in [0.5, 0.6) is 0 Å². The molecule has 1 heterocycles. The quantitative estimate of drug-likeness (QED) is 0.741. The Labute approximate surface area is 146 Å². The van der Waals surface area contributed by atoms with Crippen LogP contribution >= 0.6 is 11.6 Å². The molecule has 124 valence electrons. The summed E-state index contributed by atoms with van der Waals surface area (Å²) >= 11 is 6.17. The van der Waals surface area contributed by atoms with Crippen LogP contribution < -0.4 is 4.72 Å². The topological polar surface area (TPSA) is 59.1 Å². The highest BCUT2D eigenvalue weighted by atomic mass is 35.5. The van der Waals surface area contributed by atoms with E-state index < -0.39 is 10.0 Å². The van der Waals surface area contributed by atoms with Crippen molar-refractivity contribution in [3.05, 3.63) is 64.3 Å². The largest absolute Gasteiger partial charge is 0.277 e. The fourth-order valence-electron chi connectivity index (χ4n) is 3.01. The number of hydrogen-bond acceptors (Lipinski definition) is 3. The van der Waals surface area contributed by atoms with Gasteiger partial charge in [-0.05, 0) is 56.2 Å². The number of pyridine rings is 1. The smallest absolute Gasteiger partial charge is 0.262 e. The molecular formula is C18H17ClN2O2S. The normalized spacial score (nSPS) is 11.7. The van der Waals surface area contributed by atoms with E-state index in [0.29, 0.717) is 37.6 Å². The molecule has 0 aliphatic carbocycles. The summed E-state index contributed by atoms with van der Waals surface area (Å²) in [6.07, 6.45) is 1.61. The first kappa shape index (κ1) is 16.7. The van der Waals surface area contributed by atoms with Crippen LogP contribution in [0.25, 0.3) is 10.9 Å². The molecule has 4 nitrogen and oxygen atoms in total. The Hall–Kier alpha value is -2.11. The van der Waals surface area contributed by atoms with Gasteiger partial charge in [-0.15, -0.1) is 0 Å². The minimum absolute atomic E-state index is 0.298. The van der Waals surface area contributed by atoms with Crippen LogP contribution in [0.1, 0.15) is 16.7 Å². The third-order valence-corrected chi connectivity index (χ3v) is 5.83. The Morgan fingerprint density at radius 3 is 2.38 bits per heavy atom. The molecule has 0 unspecified atom stereocenters. The van der Waals surface area contributed by atoms with Crippen molar-refractivity contribution in [1.82, 2.24) is 4.98 Å². The molecule has 3 rings (SSSR count). The third-order valence-electron chi connectivity index (χ3n) is 3.83. The van der Waals surface area contributed by atoms with E-state index in [-0.39, 0.29) is 0 Å². The molecule has 24 heavy (non-hydrogen) atoms. The van der Waals surface area contributed by atoms with Gasteiger partial charge in [-0.2, -0.15) is 0 Å². The van der Waals surface area contributed by atoms with Gasteiger partial charge in [-0.25, -0.2) is 8.42 Å². The summed E-state index contributed by atoms with van der Waals surface area (Å²) in [5.74, 6) is 0. The molecule has 1 N–H and O–H groups in total. The summed E-state index contributed by atoms with van der Waals surface area (Å²) < 4.78 is 28.5. The van der Waals surface area contributed by atoms with Gasteiger partial charge in [0, 0.05) is 11.6 Å².